The second-order valence-corrected chi connectivity index (χ2v) is 6.43. The van der Waals surface area contributed by atoms with Crippen molar-refractivity contribution in [1.29, 1.82) is 0 Å². The Morgan fingerprint density at radius 3 is 2.52 bits per heavy atom. The highest BCUT2D eigenvalue weighted by atomic mass is 32.1. The van der Waals surface area contributed by atoms with E-state index in [-0.39, 0.29) is 5.91 Å². The molecular weight excluding hydrogens is 284 g/mol. The van der Waals surface area contributed by atoms with Gasteiger partial charge in [-0.1, -0.05) is 11.6 Å². The van der Waals surface area contributed by atoms with Crippen molar-refractivity contribution >= 4 is 22.2 Å². The van der Waals surface area contributed by atoms with Crippen molar-refractivity contribution in [2.24, 2.45) is 0 Å². The summed E-state index contributed by atoms with van der Waals surface area (Å²) in [6, 6.07) is 5.93. The first-order valence-corrected chi connectivity index (χ1v) is 7.44. The number of aryl methyl sites for hydroxylation is 2. The van der Waals surface area contributed by atoms with E-state index in [1.54, 1.807) is 26.1 Å². The second kappa shape index (κ2) is 5.77. The summed E-state index contributed by atoms with van der Waals surface area (Å²) < 4.78 is 5.45. The van der Waals surface area contributed by atoms with Gasteiger partial charge in [0, 0.05) is 30.1 Å². The van der Waals surface area contributed by atoms with E-state index in [1.165, 1.54) is 11.3 Å². The molecule has 1 aromatic heterocycles. The number of nitrogens with two attached hydrogens (primary N) is 1. The maximum atomic E-state index is 12.5. The molecule has 0 spiro atoms. The number of nitrogen functional groups attached to an aromatic ring is 1. The Balaban J connectivity index is 2.75. The van der Waals surface area contributed by atoms with Crippen LogP contribution in [0.1, 0.15) is 20.8 Å². The van der Waals surface area contributed by atoms with Crippen LogP contribution in [0.2, 0.25) is 0 Å². The van der Waals surface area contributed by atoms with Crippen molar-refractivity contribution in [1.82, 2.24) is 4.90 Å². The van der Waals surface area contributed by atoms with Crippen LogP contribution in [0.3, 0.4) is 0 Å². The molecular formula is C16H20N2O2S. The van der Waals surface area contributed by atoms with E-state index in [1.807, 2.05) is 32.0 Å². The van der Waals surface area contributed by atoms with Crippen LogP contribution < -0.4 is 10.5 Å². The molecule has 21 heavy (non-hydrogen) atoms. The number of carbonyl (C=O) groups is 1. The van der Waals surface area contributed by atoms with Gasteiger partial charge in [-0.15, -0.1) is 11.3 Å². The summed E-state index contributed by atoms with van der Waals surface area (Å²) in [6.45, 7) is 3.99. The van der Waals surface area contributed by atoms with E-state index in [4.69, 9.17) is 10.5 Å². The third kappa shape index (κ3) is 2.74. The molecule has 5 heteroatoms. The van der Waals surface area contributed by atoms with E-state index < -0.39 is 0 Å². The lowest BCUT2D eigenvalue weighted by molar-refractivity contribution is 0.0829. The van der Waals surface area contributed by atoms with Crippen molar-refractivity contribution in [3.8, 4) is 16.9 Å². The van der Waals surface area contributed by atoms with Crippen molar-refractivity contribution in [3.05, 3.63) is 34.2 Å². The molecule has 0 saturated carbocycles. The van der Waals surface area contributed by atoms with Crippen molar-refractivity contribution < 1.29 is 9.53 Å². The largest absolute Gasteiger partial charge is 0.496 e. The van der Waals surface area contributed by atoms with Crippen LogP contribution in [0.15, 0.2) is 18.2 Å². The Hall–Kier alpha value is -2.01. The van der Waals surface area contributed by atoms with Gasteiger partial charge in [-0.25, -0.2) is 0 Å². The van der Waals surface area contributed by atoms with Gasteiger partial charge in [0.2, 0.25) is 0 Å². The van der Waals surface area contributed by atoms with Crippen LogP contribution in [0.25, 0.3) is 11.1 Å². The lowest BCUT2D eigenvalue weighted by Gasteiger charge is -2.15. The van der Waals surface area contributed by atoms with Crippen LogP contribution in [-0.2, 0) is 0 Å². The highest BCUT2D eigenvalue weighted by molar-refractivity contribution is 7.16. The van der Waals surface area contributed by atoms with E-state index in [0.717, 1.165) is 27.3 Å². The molecule has 0 radical (unpaired) electrons. The fourth-order valence-corrected chi connectivity index (χ4v) is 3.28. The summed E-state index contributed by atoms with van der Waals surface area (Å²) in [5, 5.41) is 0.546. The zero-order valence-electron chi connectivity index (χ0n) is 13.0. The van der Waals surface area contributed by atoms with Crippen LogP contribution in [-0.4, -0.2) is 32.0 Å². The summed E-state index contributed by atoms with van der Waals surface area (Å²) in [4.78, 5) is 15.0. The van der Waals surface area contributed by atoms with Gasteiger partial charge in [-0.05, 0) is 26.0 Å². The number of benzene rings is 1. The normalized spacial score (nSPS) is 10.5. The molecule has 0 aliphatic heterocycles. The van der Waals surface area contributed by atoms with E-state index in [9.17, 15) is 4.79 Å². The van der Waals surface area contributed by atoms with Crippen LogP contribution >= 0.6 is 11.3 Å². The minimum atomic E-state index is -0.0876. The van der Waals surface area contributed by atoms with Crippen LogP contribution in [0.5, 0.6) is 5.75 Å². The molecule has 2 aromatic rings. The summed E-state index contributed by atoms with van der Waals surface area (Å²) in [6.07, 6.45) is 0. The Bertz CT molecular complexity index is 690. The maximum absolute atomic E-state index is 12.5. The average molecular weight is 304 g/mol. The Kier molecular flexibility index (Phi) is 4.23. The van der Waals surface area contributed by atoms with Gasteiger partial charge in [0.05, 0.1) is 17.7 Å². The number of anilines is 1. The molecule has 1 heterocycles. The quantitative estimate of drug-likeness (QED) is 0.946. The number of carbonyl (C=O) groups excluding carboxylic acids is 1. The number of amides is 1. The second-order valence-electron chi connectivity index (χ2n) is 5.18. The van der Waals surface area contributed by atoms with Gasteiger partial charge in [0.1, 0.15) is 5.75 Å². The molecule has 0 unspecified atom stereocenters. The predicted octanol–water partition coefficient (Wildman–Crippen LogP) is 3.32. The number of thiophene rings is 1. The molecule has 0 bridgehead atoms. The summed E-state index contributed by atoms with van der Waals surface area (Å²) in [5.41, 5.74) is 9.53. The average Bonchev–Trinajstić information content (AvgIpc) is 2.72. The van der Waals surface area contributed by atoms with Crippen LogP contribution in [0, 0.1) is 13.8 Å². The molecule has 0 aliphatic rings. The molecule has 0 fully saturated rings. The van der Waals surface area contributed by atoms with E-state index >= 15 is 0 Å². The van der Waals surface area contributed by atoms with Gasteiger partial charge < -0.3 is 15.4 Å². The fourth-order valence-electron chi connectivity index (χ4n) is 2.34. The summed E-state index contributed by atoms with van der Waals surface area (Å²) in [5.74, 6) is 0.657. The Labute approximate surface area is 129 Å². The highest BCUT2D eigenvalue weighted by Gasteiger charge is 2.24. The maximum Gasteiger partial charge on any atom is 0.256 e. The molecule has 0 aliphatic carbocycles. The number of nitrogens with zero attached hydrogens (tertiary/aromatic N) is 1. The number of methoxy groups -OCH3 is 1. The van der Waals surface area contributed by atoms with E-state index in [2.05, 4.69) is 0 Å². The van der Waals surface area contributed by atoms with Gasteiger partial charge >= 0.3 is 0 Å². The first-order valence-electron chi connectivity index (χ1n) is 6.62. The summed E-state index contributed by atoms with van der Waals surface area (Å²) >= 11 is 1.44. The van der Waals surface area contributed by atoms with Crippen LogP contribution in [0.4, 0.5) is 5.00 Å². The number of rotatable bonds is 3. The van der Waals surface area contributed by atoms with Gasteiger partial charge in [-0.2, -0.15) is 0 Å². The molecule has 1 aromatic carbocycles. The van der Waals surface area contributed by atoms with E-state index in [0.29, 0.717) is 10.6 Å². The molecule has 2 rings (SSSR count). The SMILES string of the molecule is COc1ccc(C)cc1-c1c(C)sc(N)c1C(=O)N(C)C. The lowest BCUT2D eigenvalue weighted by atomic mass is 9.98. The standard InChI is InChI=1S/C16H20N2O2S/c1-9-6-7-12(20-5)11(8-9)13-10(2)21-15(17)14(13)16(19)18(3)4/h6-8H,17H2,1-5H3. The molecule has 0 atom stereocenters. The molecule has 0 saturated heterocycles. The number of hydrogen-bond donors (Lipinski definition) is 1. The summed E-state index contributed by atoms with van der Waals surface area (Å²) in [7, 11) is 5.09. The smallest absolute Gasteiger partial charge is 0.256 e. The van der Waals surface area contributed by atoms with Crippen molar-refractivity contribution in [2.75, 3.05) is 26.9 Å². The molecule has 4 nitrogen and oxygen atoms in total. The topological polar surface area (TPSA) is 55.6 Å². The third-order valence-corrected chi connectivity index (χ3v) is 4.29. The Morgan fingerprint density at radius 1 is 1.29 bits per heavy atom. The first kappa shape index (κ1) is 15.4. The zero-order chi connectivity index (χ0) is 15.7. The number of hydrogen-bond acceptors (Lipinski definition) is 4. The number of ether oxygens (including phenoxy) is 1. The lowest BCUT2D eigenvalue weighted by Crippen LogP contribution is -2.22. The zero-order valence-corrected chi connectivity index (χ0v) is 13.8. The van der Waals surface area contributed by atoms with Gasteiger partial charge in [-0.3, -0.25) is 4.79 Å². The van der Waals surface area contributed by atoms with Gasteiger partial charge in [0.15, 0.2) is 0 Å². The Morgan fingerprint density at radius 2 is 1.95 bits per heavy atom. The molecule has 2 N–H and O–H groups in total. The highest BCUT2D eigenvalue weighted by Crippen LogP contribution is 2.42. The minimum Gasteiger partial charge on any atom is -0.496 e. The monoisotopic (exact) mass is 304 g/mol. The van der Waals surface area contributed by atoms with Gasteiger partial charge in [0.25, 0.3) is 5.91 Å². The predicted molar refractivity (Wildman–Crippen MR) is 88.2 cm³/mol. The fraction of sp³-hybridized carbons (Fsp3) is 0.312. The van der Waals surface area contributed by atoms with Crippen molar-refractivity contribution in [3.63, 3.8) is 0 Å². The minimum absolute atomic E-state index is 0.0876. The van der Waals surface area contributed by atoms with Crippen molar-refractivity contribution in [2.45, 2.75) is 13.8 Å². The first-order chi connectivity index (χ1) is 9.86. The molecule has 112 valence electrons. The molecule has 1 amide bonds. The third-order valence-electron chi connectivity index (χ3n) is 3.36.